The Hall–Kier alpha value is -3.23. The first-order chi connectivity index (χ1) is 17.2. The summed E-state index contributed by atoms with van der Waals surface area (Å²) in [6, 6.07) is 17.3. The molecule has 2 heterocycles. The normalized spacial score (nSPS) is 14.5. The van der Waals surface area contributed by atoms with Gasteiger partial charge in [0.2, 0.25) is 12.2 Å². The number of amides is 1. The van der Waals surface area contributed by atoms with Crippen molar-refractivity contribution >= 4 is 27.7 Å². The van der Waals surface area contributed by atoms with Crippen LogP contribution in [0.2, 0.25) is 0 Å². The number of hydrogen-bond donors (Lipinski definition) is 1. The molecule has 0 saturated carbocycles. The molecule has 1 aliphatic heterocycles. The fourth-order valence-corrected chi connectivity index (χ4v) is 4.99. The van der Waals surface area contributed by atoms with Gasteiger partial charge in [-0.3, -0.25) is 9.59 Å². The molecule has 1 radical (unpaired) electrons. The van der Waals surface area contributed by atoms with E-state index in [-0.39, 0.29) is 17.6 Å². The lowest BCUT2D eigenvalue weighted by Gasteiger charge is -2.32. The molecule has 1 amide bonds. The molecule has 1 aromatic heterocycles. The van der Waals surface area contributed by atoms with Gasteiger partial charge in [0.1, 0.15) is 21.4 Å². The predicted octanol–water partition coefficient (Wildman–Crippen LogP) is 3.70. The van der Waals surface area contributed by atoms with E-state index in [1.807, 2.05) is 47.6 Å². The van der Waals surface area contributed by atoms with Crippen LogP contribution in [0.15, 0.2) is 59.0 Å². The van der Waals surface area contributed by atoms with Gasteiger partial charge in [0.05, 0.1) is 12.3 Å². The summed E-state index contributed by atoms with van der Waals surface area (Å²) in [5.74, 6) is 1.85. The third kappa shape index (κ3) is 6.71. The number of aryl methyl sites for hydroxylation is 1. The average Bonchev–Trinajstić information content (AvgIpc) is 3.32. The zero-order valence-corrected chi connectivity index (χ0v) is 21.4. The van der Waals surface area contributed by atoms with Gasteiger partial charge >= 0.3 is 0 Å². The molecule has 1 unspecified atom stereocenters. The number of carbonyl (C=O) groups is 1. The van der Waals surface area contributed by atoms with E-state index in [4.69, 9.17) is 4.42 Å². The largest absolute Gasteiger partial charge is 0.460 e. The SMILES string of the molecule is CC(Cc1ccc([C]=O)cc1)CN1C(=O)CCc2ccc(-c3ccc(CNCCS(C)(=O)=O)o3)cc21. The first-order valence-electron chi connectivity index (χ1n) is 12.1. The Balaban J connectivity index is 1.45. The summed E-state index contributed by atoms with van der Waals surface area (Å²) in [5, 5.41) is 3.09. The zero-order valence-electron chi connectivity index (χ0n) is 20.6. The molecule has 1 N–H and O–H groups in total. The molecule has 1 aliphatic rings. The average molecular weight is 508 g/mol. The second-order valence-corrected chi connectivity index (χ2v) is 11.8. The fraction of sp³-hybridized carbons (Fsp3) is 0.357. The van der Waals surface area contributed by atoms with Crippen molar-refractivity contribution in [2.45, 2.75) is 32.7 Å². The number of fused-ring (bicyclic) bond motifs is 1. The van der Waals surface area contributed by atoms with Crippen molar-refractivity contribution in [1.82, 2.24) is 5.32 Å². The Morgan fingerprint density at radius 2 is 1.86 bits per heavy atom. The molecule has 0 bridgehead atoms. The van der Waals surface area contributed by atoms with Gasteiger partial charge in [0.15, 0.2) is 0 Å². The number of carbonyl (C=O) groups excluding carboxylic acids is 2. The number of nitrogens with one attached hydrogen (secondary N) is 1. The van der Waals surface area contributed by atoms with Crippen molar-refractivity contribution in [3.05, 3.63) is 77.0 Å². The number of rotatable bonds is 11. The van der Waals surface area contributed by atoms with Crippen LogP contribution >= 0.6 is 0 Å². The van der Waals surface area contributed by atoms with Gasteiger partial charge in [-0.2, -0.15) is 0 Å². The van der Waals surface area contributed by atoms with E-state index in [0.29, 0.717) is 37.4 Å². The van der Waals surface area contributed by atoms with Crippen molar-refractivity contribution in [3.8, 4) is 11.3 Å². The first kappa shape index (κ1) is 25.9. The number of hydrogen-bond acceptors (Lipinski definition) is 6. The van der Waals surface area contributed by atoms with Crippen LogP contribution in [-0.2, 0) is 38.8 Å². The van der Waals surface area contributed by atoms with E-state index < -0.39 is 9.84 Å². The Morgan fingerprint density at radius 1 is 1.08 bits per heavy atom. The number of sulfone groups is 1. The highest BCUT2D eigenvalue weighted by molar-refractivity contribution is 7.90. The van der Waals surface area contributed by atoms with Gasteiger partial charge in [0, 0.05) is 42.6 Å². The summed E-state index contributed by atoms with van der Waals surface area (Å²) in [4.78, 5) is 25.6. The van der Waals surface area contributed by atoms with E-state index in [9.17, 15) is 18.0 Å². The van der Waals surface area contributed by atoms with Crippen LogP contribution in [-0.4, -0.2) is 45.7 Å². The highest BCUT2D eigenvalue weighted by atomic mass is 32.2. The first-order valence-corrected chi connectivity index (χ1v) is 14.2. The number of anilines is 1. The van der Waals surface area contributed by atoms with Crippen LogP contribution in [0.5, 0.6) is 0 Å². The van der Waals surface area contributed by atoms with Crippen LogP contribution in [0.3, 0.4) is 0 Å². The van der Waals surface area contributed by atoms with Gasteiger partial charge in [0.25, 0.3) is 0 Å². The molecule has 0 aliphatic carbocycles. The summed E-state index contributed by atoms with van der Waals surface area (Å²) < 4.78 is 28.5. The number of furan rings is 1. The minimum absolute atomic E-state index is 0.0797. The molecule has 8 heteroatoms. The Kier molecular flexibility index (Phi) is 8.06. The molecule has 7 nitrogen and oxygen atoms in total. The van der Waals surface area contributed by atoms with Crippen molar-refractivity contribution in [3.63, 3.8) is 0 Å². The number of nitrogens with zero attached hydrogens (tertiary/aromatic N) is 1. The van der Waals surface area contributed by atoms with Crippen molar-refractivity contribution in [2.75, 3.05) is 30.0 Å². The van der Waals surface area contributed by atoms with Gasteiger partial charge in [-0.1, -0.05) is 43.3 Å². The monoisotopic (exact) mass is 507 g/mol. The summed E-state index contributed by atoms with van der Waals surface area (Å²) in [7, 11) is -3.00. The molecule has 189 valence electrons. The second kappa shape index (κ2) is 11.2. The quantitative estimate of drug-likeness (QED) is 0.398. The van der Waals surface area contributed by atoms with Crippen LogP contribution in [0.1, 0.15) is 35.8 Å². The van der Waals surface area contributed by atoms with Crippen molar-refractivity contribution in [1.29, 1.82) is 0 Å². The van der Waals surface area contributed by atoms with Gasteiger partial charge in [-0.05, 0) is 48.1 Å². The smallest absolute Gasteiger partial charge is 0.233 e. The lowest BCUT2D eigenvalue weighted by molar-refractivity contribution is -0.119. The maximum Gasteiger partial charge on any atom is 0.233 e. The summed E-state index contributed by atoms with van der Waals surface area (Å²) in [6.07, 6.45) is 5.12. The standard InChI is InChI=1S/C28H31N2O5S/c1-20(15-21-3-5-22(19-31)6-4-21)18-30-26-16-24(8-7-23(26)9-12-28(30)32)27-11-10-25(35-27)17-29-13-14-36(2,33)34/h3-8,10-11,16,20,29H,9,12-15,17-18H2,1-2H3. The molecule has 0 fully saturated rings. The van der Waals surface area contributed by atoms with E-state index in [1.165, 1.54) is 6.26 Å². The zero-order chi connectivity index (χ0) is 25.7. The van der Waals surface area contributed by atoms with Gasteiger partial charge < -0.3 is 14.6 Å². The second-order valence-electron chi connectivity index (χ2n) is 9.53. The Bertz CT molecular complexity index is 1330. The lowest BCUT2D eigenvalue weighted by atomic mass is 9.95. The maximum atomic E-state index is 12.9. The summed E-state index contributed by atoms with van der Waals surface area (Å²) in [6.45, 7) is 3.53. The van der Waals surface area contributed by atoms with Crippen LogP contribution in [0.4, 0.5) is 5.69 Å². The summed E-state index contributed by atoms with van der Waals surface area (Å²) >= 11 is 0. The third-order valence-corrected chi connectivity index (χ3v) is 7.28. The van der Waals surface area contributed by atoms with Crippen LogP contribution < -0.4 is 10.2 Å². The third-order valence-electron chi connectivity index (χ3n) is 6.33. The molecular weight excluding hydrogens is 476 g/mol. The topological polar surface area (TPSA) is 96.7 Å². The highest BCUT2D eigenvalue weighted by Crippen LogP contribution is 2.34. The van der Waals surface area contributed by atoms with Crippen LogP contribution in [0.25, 0.3) is 11.3 Å². The predicted molar refractivity (Wildman–Crippen MR) is 140 cm³/mol. The molecular formula is C28H31N2O5S. The van der Waals surface area contributed by atoms with E-state index in [1.54, 1.807) is 12.1 Å². The molecule has 3 aromatic rings. The molecule has 0 saturated heterocycles. The van der Waals surface area contributed by atoms with E-state index in [2.05, 4.69) is 18.3 Å². The molecule has 0 spiro atoms. The molecule has 4 rings (SSSR count). The number of benzene rings is 2. The Morgan fingerprint density at radius 3 is 2.58 bits per heavy atom. The van der Waals surface area contributed by atoms with Crippen LogP contribution in [0, 0.1) is 5.92 Å². The highest BCUT2D eigenvalue weighted by Gasteiger charge is 2.26. The van der Waals surface area contributed by atoms with E-state index >= 15 is 0 Å². The lowest BCUT2D eigenvalue weighted by Crippen LogP contribution is -2.38. The minimum Gasteiger partial charge on any atom is -0.460 e. The summed E-state index contributed by atoms with van der Waals surface area (Å²) in [5.41, 5.74) is 4.61. The molecule has 2 aromatic carbocycles. The van der Waals surface area contributed by atoms with Crippen molar-refractivity contribution in [2.24, 2.45) is 5.92 Å². The molecule has 36 heavy (non-hydrogen) atoms. The van der Waals surface area contributed by atoms with Crippen molar-refractivity contribution < 1.29 is 22.4 Å². The van der Waals surface area contributed by atoms with E-state index in [0.717, 1.165) is 41.0 Å². The van der Waals surface area contributed by atoms with Gasteiger partial charge in [-0.15, -0.1) is 0 Å². The van der Waals surface area contributed by atoms with Gasteiger partial charge in [-0.25, -0.2) is 8.42 Å². The maximum absolute atomic E-state index is 12.9. The Labute approximate surface area is 212 Å². The fourth-order valence-electron chi connectivity index (χ4n) is 4.48. The minimum atomic E-state index is -3.00. The molecule has 1 atom stereocenters.